The monoisotopic (exact) mass is 999 g/mol. The second kappa shape index (κ2) is 16.2. The molecule has 13 rings (SSSR count). The van der Waals surface area contributed by atoms with Gasteiger partial charge in [-0.2, -0.15) is 0 Å². The molecular formula is C74H82N2. The van der Waals surface area contributed by atoms with Gasteiger partial charge in [0.1, 0.15) is 0 Å². The number of rotatable bonds is 3. The van der Waals surface area contributed by atoms with E-state index in [9.17, 15) is 0 Å². The molecule has 1 atom stereocenters. The van der Waals surface area contributed by atoms with Gasteiger partial charge in [0.15, 0.2) is 0 Å². The third kappa shape index (κ3) is 7.68. The summed E-state index contributed by atoms with van der Waals surface area (Å²) < 4.78 is 0. The molecule has 0 fully saturated rings. The van der Waals surface area contributed by atoms with Crippen molar-refractivity contribution in [2.45, 2.75) is 183 Å². The van der Waals surface area contributed by atoms with E-state index in [1.54, 1.807) is 22.3 Å². The molecule has 7 aromatic rings. The summed E-state index contributed by atoms with van der Waals surface area (Å²) in [6.07, 6.45) is 6.63. The Hall–Kier alpha value is -6.12. The quantitative estimate of drug-likeness (QED) is 0.174. The summed E-state index contributed by atoms with van der Waals surface area (Å²) in [5, 5.41) is 0. The first-order chi connectivity index (χ1) is 35.6. The minimum absolute atomic E-state index is 0.00780. The molecule has 7 aromatic carbocycles. The van der Waals surface area contributed by atoms with Crippen molar-refractivity contribution in [3.63, 3.8) is 0 Å². The average molecular weight is 999 g/mol. The zero-order valence-corrected chi connectivity index (χ0v) is 48.8. The van der Waals surface area contributed by atoms with Crippen LogP contribution in [-0.4, -0.2) is 0 Å². The van der Waals surface area contributed by atoms with Crippen LogP contribution in [0.5, 0.6) is 0 Å². The molecule has 2 nitrogen and oxygen atoms in total. The number of anilines is 5. The van der Waals surface area contributed by atoms with Crippen LogP contribution in [0.4, 0.5) is 28.4 Å². The number of allylic oxidation sites excluding steroid dienone is 1. The van der Waals surface area contributed by atoms with Crippen LogP contribution >= 0.6 is 0 Å². The number of nitrogens with zero attached hydrogens (tertiary/aromatic N) is 2. The van der Waals surface area contributed by atoms with Crippen molar-refractivity contribution in [3.05, 3.63) is 210 Å². The lowest BCUT2D eigenvalue weighted by Crippen LogP contribution is -2.35. The maximum absolute atomic E-state index is 2.81. The molecule has 0 N–H and O–H groups in total. The number of fused-ring (bicyclic) bond motifs is 7. The van der Waals surface area contributed by atoms with E-state index in [-0.39, 0.29) is 38.4 Å². The Kier molecular flexibility index (Phi) is 10.6. The van der Waals surface area contributed by atoms with Crippen LogP contribution in [0.1, 0.15) is 212 Å². The van der Waals surface area contributed by atoms with Crippen LogP contribution < -0.4 is 9.80 Å². The van der Waals surface area contributed by atoms with Crippen LogP contribution in [-0.2, 0) is 47.3 Å². The SMILES string of the molecule is Cc1cc2c3c(c1)N(c1ccc(C(C)(C)C)cc1-c1ccc(C(C)(C)C)cc1)c1cc4c(cc1C3C1=C(c3cc(C(C)(C)C)ccc3C1)N2c1cc2c3c(c1)CC(C)(C)CC3CC(C)(C)C2)C(C)(C)c1ccccc1C4. The predicted octanol–water partition coefficient (Wildman–Crippen LogP) is 19.8. The van der Waals surface area contributed by atoms with Crippen molar-refractivity contribution >= 4 is 34.1 Å². The van der Waals surface area contributed by atoms with E-state index in [0.29, 0.717) is 5.92 Å². The first-order valence-corrected chi connectivity index (χ1v) is 28.9. The van der Waals surface area contributed by atoms with Gasteiger partial charge in [0.2, 0.25) is 0 Å². The number of benzene rings is 7. The molecule has 4 aliphatic carbocycles. The molecule has 0 radical (unpaired) electrons. The topological polar surface area (TPSA) is 6.48 Å². The Labute approximate surface area is 456 Å². The summed E-state index contributed by atoms with van der Waals surface area (Å²) in [6.45, 7) is 38.6. The Balaban J connectivity index is 1.14. The molecule has 0 aromatic heterocycles. The van der Waals surface area contributed by atoms with Crippen molar-refractivity contribution in [2.75, 3.05) is 9.80 Å². The Morgan fingerprint density at radius 3 is 1.67 bits per heavy atom. The number of hydrogen-bond acceptors (Lipinski definition) is 2. The minimum atomic E-state index is -0.170. The van der Waals surface area contributed by atoms with E-state index in [0.717, 1.165) is 25.7 Å². The summed E-state index contributed by atoms with van der Waals surface area (Å²) in [7, 11) is 0. The van der Waals surface area contributed by atoms with Gasteiger partial charge in [-0.1, -0.05) is 177 Å². The highest BCUT2D eigenvalue weighted by molar-refractivity contribution is 6.04. The lowest BCUT2D eigenvalue weighted by atomic mass is 9.59. The molecule has 2 aliphatic heterocycles. The lowest BCUT2D eigenvalue weighted by Gasteiger charge is -2.48. The fourth-order valence-electron chi connectivity index (χ4n) is 15.6. The molecule has 0 spiro atoms. The van der Waals surface area contributed by atoms with Crippen LogP contribution in [0.2, 0.25) is 0 Å². The van der Waals surface area contributed by atoms with Crippen LogP contribution in [0, 0.1) is 17.8 Å². The van der Waals surface area contributed by atoms with Gasteiger partial charge >= 0.3 is 0 Å². The Morgan fingerprint density at radius 2 is 1.04 bits per heavy atom. The second-order valence-electron chi connectivity index (χ2n) is 29.8. The fourth-order valence-corrected chi connectivity index (χ4v) is 15.6. The van der Waals surface area contributed by atoms with E-state index in [2.05, 4.69) is 242 Å². The van der Waals surface area contributed by atoms with Crippen LogP contribution in [0.3, 0.4) is 0 Å². The maximum atomic E-state index is 2.81. The van der Waals surface area contributed by atoms with Crippen molar-refractivity contribution in [1.29, 1.82) is 0 Å². The molecule has 2 heterocycles. The zero-order valence-electron chi connectivity index (χ0n) is 48.8. The minimum Gasteiger partial charge on any atom is -0.309 e. The third-order valence-electron chi connectivity index (χ3n) is 19.2. The van der Waals surface area contributed by atoms with Crippen molar-refractivity contribution in [3.8, 4) is 11.1 Å². The molecule has 0 saturated carbocycles. The molecule has 0 amide bonds. The molecule has 2 heteroatoms. The molecule has 0 bridgehead atoms. The Morgan fingerprint density at radius 1 is 0.461 bits per heavy atom. The molecular weight excluding hydrogens is 917 g/mol. The van der Waals surface area contributed by atoms with Crippen LogP contribution in [0.15, 0.2) is 127 Å². The summed E-state index contributed by atoms with van der Waals surface area (Å²) in [4.78, 5) is 5.54. The second-order valence-corrected chi connectivity index (χ2v) is 29.8. The molecule has 6 aliphatic rings. The van der Waals surface area contributed by atoms with Gasteiger partial charge < -0.3 is 9.80 Å². The van der Waals surface area contributed by atoms with E-state index in [1.807, 2.05) is 0 Å². The summed E-state index contributed by atoms with van der Waals surface area (Å²) in [5.41, 5.74) is 34.1. The lowest BCUT2D eigenvalue weighted by molar-refractivity contribution is 0.203. The highest BCUT2D eigenvalue weighted by Gasteiger charge is 2.48. The number of aryl methyl sites for hydroxylation is 1. The summed E-state index contributed by atoms with van der Waals surface area (Å²) in [6, 6.07) is 49.6. The van der Waals surface area contributed by atoms with Gasteiger partial charge in [-0.15, -0.1) is 0 Å². The molecule has 388 valence electrons. The largest absolute Gasteiger partial charge is 0.309 e. The van der Waals surface area contributed by atoms with Crippen molar-refractivity contribution in [2.24, 2.45) is 10.8 Å². The standard InChI is InChI=1S/C74H82N2/c1-43-29-63-67-64(30-43)76(61-28-27-53(71(8,9)10)36-55(61)44-21-24-51(25-22-44)69(2,3)4)62-35-47-31-46-19-17-18-20-59(46)74(15,16)60(47)38-57(62)66(67)58-34-45-23-26-52(70(5,6)7)37-56(45)68(58)75(63)54-32-48-39-72(11,12)41-50-42-73(13,14)40-49(33-54)65(48)50/h17-30,32-33,35-38,50,66H,31,34,39-42H2,1-16H3. The van der Waals surface area contributed by atoms with Gasteiger partial charge in [0.05, 0.1) is 28.4 Å². The van der Waals surface area contributed by atoms with E-state index >= 15 is 0 Å². The fraction of sp³-hybridized carbons (Fsp3) is 0.405. The maximum Gasteiger partial charge on any atom is 0.0542 e. The highest BCUT2D eigenvalue weighted by Crippen LogP contribution is 2.65. The van der Waals surface area contributed by atoms with E-state index in [1.165, 1.54) is 125 Å². The zero-order chi connectivity index (χ0) is 53.6. The Bertz CT molecular complexity index is 3600. The predicted molar refractivity (Wildman–Crippen MR) is 323 cm³/mol. The smallest absolute Gasteiger partial charge is 0.0542 e. The normalized spacial score (nSPS) is 19.6. The third-order valence-corrected chi connectivity index (χ3v) is 19.2. The van der Waals surface area contributed by atoms with Crippen LogP contribution in [0.25, 0.3) is 16.8 Å². The summed E-state index contributed by atoms with van der Waals surface area (Å²) in [5.74, 6) is 0.671. The average Bonchev–Trinajstić information content (AvgIpc) is 3.75. The van der Waals surface area contributed by atoms with Gasteiger partial charge in [0.25, 0.3) is 0 Å². The van der Waals surface area contributed by atoms with E-state index in [4.69, 9.17) is 0 Å². The summed E-state index contributed by atoms with van der Waals surface area (Å²) >= 11 is 0. The van der Waals surface area contributed by atoms with Crippen molar-refractivity contribution in [1.82, 2.24) is 0 Å². The number of hydrogen-bond donors (Lipinski definition) is 0. The first kappa shape index (κ1) is 49.5. The van der Waals surface area contributed by atoms with Gasteiger partial charge in [-0.3, -0.25) is 0 Å². The highest BCUT2D eigenvalue weighted by atomic mass is 15.2. The van der Waals surface area contributed by atoms with E-state index < -0.39 is 0 Å². The molecule has 76 heavy (non-hydrogen) atoms. The van der Waals surface area contributed by atoms with Gasteiger partial charge in [-0.25, -0.2) is 0 Å². The first-order valence-electron chi connectivity index (χ1n) is 28.9. The molecule has 0 saturated heterocycles. The van der Waals surface area contributed by atoms with Gasteiger partial charge in [0, 0.05) is 33.7 Å². The van der Waals surface area contributed by atoms with Crippen molar-refractivity contribution < 1.29 is 0 Å². The van der Waals surface area contributed by atoms with Gasteiger partial charge in [-0.05, 0) is 210 Å². The molecule has 1 unspecified atom stereocenters.